The number of anilines is 1. The maximum atomic E-state index is 11.8. The molecule has 23 heavy (non-hydrogen) atoms. The van der Waals surface area contributed by atoms with Gasteiger partial charge in [0.25, 0.3) is 0 Å². The third kappa shape index (κ3) is 3.48. The number of rotatable bonds is 3. The van der Waals surface area contributed by atoms with Crippen LogP contribution in [0.15, 0.2) is 36.4 Å². The highest BCUT2D eigenvalue weighted by molar-refractivity contribution is 5.78. The van der Waals surface area contributed by atoms with Crippen LogP contribution < -0.4 is 16.2 Å². The predicted molar refractivity (Wildman–Crippen MR) is 89.5 cm³/mol. The number of hydrazine groups is 1. The lowest BCUT2D eigenvalue weighted by molar-refractivity contribution is -0.125. The summed E-state index contributed by atoms with van der Waals surface area (Å²) in [5, 5.41) is 0. The fourth-order valence-electron chi connectivity index (χ4n) is 2.95. The Morgan fingerprint density at radius 2 is 2.09 bits per heavy atom. The molecule has 3 N–H and O–H groups in total. The van der Waals surface area contributed by atoms with Crippen LogP contribution in [0.4, 0.5) is 5.82 Å². The van der Waals surface area contributed by atoms with Gasteiger partial charge in [-0.1, -0.05) is 30.3 Å². The Balaban J connectivity index is 1.88. The molecule has 1 aliphatic heterocycles. The average Bonchev–Trinajstić information content (AvgIpc) is 2.61. The lowest BCUT2D eigenvalue weighted by Gasteiger charge is -2.32. The van der Waals surface area contributed by atoms with Crippen molar-refractivity contribution in [2.75, 3.05) is 18.0 Å². The van der Waals surface area contributed by atoms with E-state index in [1.807, 2.05) is 43.3 Å². The second-order valence-electron chi connectivity index (χ2n) is 5.85. The molecule has 1 atom stereocenters. The summed E-state index contributed by atoms with van der Waals surface area (Å²) in [6.07, 6.45) is 1.80. The first kappa shape index (κ1) is 15.4. The van der Waals surface area contributed by atoms with Crippen LogP contribution in [0.2, 0.25) is 0 Å². The number of hydrogen-bond acceptors (Lipinski definition) is 5. The molecule has 0 bridgehead atoms. The third-order valence-electron chi connectivity index (χ3n) is 4.13. The van der Waals surface area contributed by atoms with Crippen molar-refractivity contribution < 1.29 is 4.79 Å². The molecule has 6 heteroatoms. The summed E-state index contributed by atoms with van der Waals surface area (Å²) in [6.45, 7) is 3.48. The number of aryl methyl sites for hydroxylation is 1. The molecular weight excluding hydrogens is 290 g/mol. The maximum absolute atomic E-state index is 11.8. The van der Waals surface area contributed by atoms with E-state index in [2.05, 4.69) is 15.3 Å². The summed E-state index contributed by atoms with van der Waals surface area (Å²) in [5.74, 6) is 6.65. The summed E-state index contributed by atoms with van der Waals surface area (Å²) in [7, 11) is 0. The van der Waals surface area contributed by atoms with Crippen molar-refractivity contribution in [3.63, 3.8) is 0 Å². The average molecular weight is 311 g/mol. The fraction of sp³-hybridized carbons (Fsp3) is 0.353. The molecule has 0 aliphatic carbocycles. The lowest BCUT2D eigenvalue weighted by Crippen LogP contribution is -2.45. The molecule has 2 aromatic rings. The SMILES string of the molecule is Cc1cc(N2CCC[C@@H](C(=O)NN)C2)nc(-c2ccccc2)n1. The predicted octanol–water partition coefficient (Wildman–Crippen LogP) is 1.66. The maximum Gasteiger partial charge on any atom is 0.238 e. The zero-order valence-electron chi connectivity index (χ0n) is 13.2. The van der Waals surface area contributed by atoms with E-state index < -0.39 is 0 Å². The summed E-state index contributed by atoms with van der Waals surface area (Å²) < 4.78 is 0. The van der Waals surface area contributed by atoms with Gasteiger partial charge in [0.15, 0.2) is 5.82 Å². The smallest absolute Gasteiger partial charge is 0.238 e. The number of piperidine rings is 1. The molecule has 1 aromatic heterocycles. The minimum absolute atomic E-state index is 0.0933. The van der Waals surface area contributed by atoms with Crippen LogP contribution in [-0.2, 0) is 4.79 Å². The van der Waals surface area contributed by atoms with Crippen LogP contribution in [0, 0.1) is 12.8 Å². The van der Waals surface area contributed by atoms with Gasteiger partial charge in [0.2, 0.25) is 5.91 Å². The first-order chi connectivity index (χ1) is 11.2. The highest BCUT2D eigenvalue weighted by Gasteiger charge is 2.26. The van der Waals surface area contributed by atoms with Gasteiger partial charge in [-0.2, -0.15) is 0 Å². The Morgan fingerprint density at radius 1 is 1.30 bits per heavy atom. The van der Waals surface area contributed by atoms with E-state index in [9.17, 15) is 4.79 Å². The molecule has 0 saturated carbocycles. The largest absolute Gasteiger partial charge is 0.356 e. The van der Waals surface area contributed by atoms with Crippen molar-refractivity contribution in [3.8, 4) is 11.4 Å². The minimum Gasteiger partial charge on any atom is -0.356 e. The molecule has 3 rings (SSSR count). The van der Waals surface area contributed by atoms with Gasteiger partial charge in [-0.15, -0.1) is 0 Å². The Bertz CT molecular complexity index is 689. The number of benzene rings is 1. The molecule has 0 radical (unpaired) electrons. The van der Waals surface area contributed by atoms with Gasteiger partial charge in [0.1, 0.15) is 5.82 Å². The van der Waals surface area contributed by atoms with Crippen LogP contribution in [0.25, 0.3) is 11.4 Å². The number of aromatic nitrogens is 2. The van der Waals surface area contributed by atoms with Crippen LogP contribution >= 0.6 is 0 Å². The Hall–Kier alpha value is -2.47. The molecule has 6 nitrogen and oxygen atoms in total. The quantitative estimate of drug-likeness (QED) is 0.511. The Kier molecular flexibility index (Phi) is 4.52. The molecule has 120 valence electrons. The summed E-state index contributed by atoms with van der Waals surface area (Å²) >= 11 is 0. The van der Waals surface area contributed by atoms with E-state index in [1.165, 1.54) is 0 Å². The van der Waals surface area contributed by atoms with Crippen LogP contribution in [-0.4, -0.2) is 29.0 Å². The van der Waals surface area contributed by atoms with Crippen LogP contribution in [0.5, 0.6) is 0 Å². The fourth-order valence-corrected chi connectivity index (χ4v) is 2.95. The van der Waals surface area contributed by atoms with Crippen molar-refractivity contribution in [2.24, 2.45) is 11.8 Å². The number of amides is 1. The van der Waals surface area contributed by atoms with E-state index in [0.29, 0.717) is 12.4 Å². The van der Waals surface area contributed by atoms with Gasteiger partial charge in [0, 0.05) is 30.4 Å². The zero-order chi connectivity index (χ0) is 16.2. The molecular formula is C17H21N5O. The summed E-state index contributed by atoms with van der Waals surface area (Å²) in [5.41, 5.74) is 4.16. The topological polar surface area (TPSA) is 84.1 Å². The van der Waals surface area contributed by atoms with Gasteiger partial charge < -0.3 is 4.90 Å². The number of carbonyl (C=O) groups is 1. The van der Waals surface area contributed by atoms with Gasteiger partial charge in [-0.05, 0) is 19.8 Å². The zero-order valence-corrected chi connectivity index (χ0v) is 13.2. The number of carbonyl (C=O) groups excluding carboxylic acids is 1. The lowest BCUT2D eigenvalue weighted by atomic mass is 9.97. The molecule has 2 heterocycles. The molecule has 1 aliphatic rings. The van der Waals surface area contributed by atoms with Crippen molar-refractivity contribution in [2.45, 2.75) is 19.8 Å². The normalized spacial score (nSPS) is 17.8. The van der Waals surface area contributed by atoms with Gasteiger partial charge in [-0.3, -0.25) is 10.2 Å². The van der Waals surface area contributed by atoms with Gasteiger partial charge in [0.05, 0.1) is 5.92 Å². The highest BCUT2D eigenvalue weighted by Crippen LogP contribution is 2.24. The van der Waals surface area contributed by atoms with Gasteiger partial charge >= 0.3 is 0 Å². The second kappa shape index (κ2) is 6.75. The van der Waals surface area contributed by atoms with Crippen LogP contribution in [0.1, 0.15) is 18.5 Å². The standard InChI is InChI=1S/C17H21N5O/c1-12-10-15(20-16(19-12)13-6-3-2-4-7-13)22-9-5-8-14(11-22)17(23)21-18/h2-4,6-7,10,14H,5,8-9,11,18H2,1H3,(H,21,23)/t14-/m1/s1. The highest BCUT2D eigenvalue weighted by atomic mass is 16.2. The first-order valence-corrected chi connectivity index (χ1v) is 7.84. The summed E-state index contributed by atoms with van der Waals surface area (Å²) in [6, 6.07) is 11.9. The monoisotopic (exact) mass is 311 g/mol. The number of nitrogens with one attached hydrogen (secondary N) is 1. The van der Waals surface area contributed by atoms with E-state index >= 15 is 0 Å². The van der Waals surface area contributed by atoms with Crippen molar-refractivity contribution >= 4 is 11.7 Å². The first-order valence-electron chi connectivity index (χ1n) is 7.84. The molecule has 1 saturated heterocycles. The van der Waals surface area contributed by atoms with Crippen LogP contribution in [0.3, 0.4) is 0 Å². The molecule has 1 amide bonds. The number of nitrogens with zero attached hydrogens (tertiary/aromatic N) is 3. The van der Waals surface area contributed by atoms with E-state index in [0.717, 1.165) is 36.5 Å². The third-order valence-corrected chi connectivity index (χ3v) is 4.13. The van der Waals surface area contributed by atoms with E-state index in [1.54, 1.807) is 0 Å². The van der Waals surface area contributed by atoms with E-state index in [-0.39, 0.29) is 11.8 Å². The van der Waals surface area contributed by atoms with Gasteiger partial charge in [-0.25, -0.2) is 15.8 Å². The Morgan fingerprint density at radius 3 is 2.83 bits per heavy atom. The number of hydrogen-bond donors (Lipinski definition) is 2. The number of nitrogens with two attached hydrogens (primary N) is 1. The molecule has 1 fully saturated rings. The van der Waals surface area contributed by atoms with Crippen molar-refractivity contribution in [3.05, 3.63) is 42.1 Å². The van der Waals surface area contributed by atoms with Crippen molar-refractivity contribution in [1.29, 1.82) is 0 Å². The second-order valence-corrected chi connectivity index (χ2v) is 5.85. The molecule has 0 spiro atoms. The minimum atomic E-state index is -0.108. The van der Waals surface area contributed by atoms with Crippen molar-refractivity contribution in [1.82, 2.24) is 15.4 Å². The molecule has 1 aromatic carbocycles. The molecule has 0 unspecified atom stereocenters. The summed E-state index contributed by atoms with van der Waals surface area (Å²) in [4.78, 5) is 23.2. The van der Waals surface area contributed by atoms with E-state index in [4.69, 9.17) is 10.8 Å². The Labute approximate surface area is 135 Å².